The fourth-order valence-electron chi connectivity index (χ4n) is 4.22. The quantitative estimate of drug-likeness (QED) is 0.394. The smallest absolute Gasteiger partial charge is 0.341 e. The summed E-state index contributed by atoms with van der Waals surface area (Å²) in [6.07, 6.45) is 2.39. The highest BCUT2D eigenvalue weighted by Crippen LogP contribution is 2.39. The second-order valence-corrected chi connectivity index (χ2v) is 12.8. The van der Waals surface area contributed by atoms with Crippen molar-refractivity contribution in [2.45, 2.75) is 32.7 Å². The highest BCUT2D eigenvalue weighted by Gasteiger charge is 2.29. The van der Waals surface area contributed by atoms with Gasteiger partial charge in [0, 0.05) is 18.5 Å². The lowest BCUT2D eigenvalue weighted by molar-refractivity contribution is -0.115. The molecule has 13 heteroatoms. The summed E-state index contributed by atoms with van der Waals surface area (Å²) in [5, 5.41) is 2.80. The largest absolute Gasteiger partial charge is 0.465 e. The number of thiophene rings is 1. The molecule has 2 amide bonds. The summed E-state index contributed by atoms with van der Waals surface area (Å²) in [6, 6.07) is 5.84. The van der Waals surface area contributed by atoms with Gasteiger partial charge in [-0.25, -0.2) is 13.2 Å². The standard InChI is InChI=1S/C24H27N3O7S3/c1-14-7-8-16-18(11-14)36-24(27(16)9-10-33-2)26-20(29)13-37(31,32)12-19(28)25-22-21(23(30)34-3)15-5-4-6-17(15)35-22/h7-8,11H,4-6,9-10,12-13H2,1-3H3,(H,25,28). The molecule has 0 unspecified atom stereocenters. The van der Waals surface area contributed by atoms with Crippen molar-refractivity contribution >= 4 is 65.5 Å². The van der Waals surface area contributed by atoms with E-state index in [-0.39, 0.29) is 10.6 Å². The van der Waals surface area contributed by atoms with Crippen LogP contribution in [0.4, 0.5) is 5.00 Å². The molecule has 0 bridgehead atoms. The van der Waals surface area contributed by atoms with Crippen LogP contribution in [-0.2, 0) is 48.3 Å². The summed E-state index contributed by atoms with van der Waals surface area (Å²) in [7, 11) is -1.30. The number of fused-ring (bicyclic) bond motifs is 2. The number of nitrogens with one attached hydrogen (secondary N) is 1. The van der Waals surface area contributed by atoms with Crippen LogP contribution in [0.1, 0.15) is 32.8 Å². The number of nitrogens with zero attached hydrogens (tertiary/aromatic N) is 2. The van der Waals surface area contributed by atoms with Crippen LogP contribution in [0.2, 0.25) is 0 Å². The maximum Gasteiger partial charge on any atom is 0.341 e. The van der Waals surface area contributed by atoms with Crippen molar-refractivity contribution in [2.24, 2.45) is 4.99 Å². The topological polar surface area (TPSA) is 133 Å². The van der Waals surface area contributed by atoms with Crippen molar-refractivity contribution in [1.82, 2.24) is 4.57 Å². The maximum atomic E-state index is 12.7. The number of benzene rings is 1. The summed E-state index contributed by atoms with van der Waals surface area (Å²) in [5.74, 6) is -4.10. The van der Waals surface area contributed by atoms with E-state index in [1.165, 1.54) is 29.8 Å². The molecule has 0 fully saturated rings. The molecule has 0 atom stereocenters. The van der Waals surface area contributed by atoms with Crippen molar-refractivity contribution in [3.63, 3.8) is 0 Å². The van der Waals surface area contributed by atoms with Crippen molar-refractivity contribution in [2.75, 3.05) is 37.6 Å². The molecule has 3 aromatic rings. The Labute approximate surface area is 221 Å². The molecule has 1 aromatic carbocycles. The number of hydrogen-bond donors (Lipinski definition) is 1. The molecule has 4 rings (SSSR count). The van der Waals surface area contributed by atoms with Crippen LogP contribution in [0.25, 0.3) is 10.2 Å². The van der Waals surface area contributed by atoms with Crippen LogP contribution in [0.15, 0.2) is 23.2 Å². The summed E-state index contributed by atoms with van der Waals surface area (Å²) >= 11 is 2.53. The molecule has 0 radical (unpaired) electrons. The van der Waals surface area contributed by atoms with E-state index in [0.717, 1.165) is 39.1 Å². The van der Waals surface area contributed by atoms with Crippen molar-refractivity contribution in [1.29, 1.82) is 0 Å². The number of thiazole rings is 1. The Morgan fingerprint density at radius 2 is 1.92 bits per heavy atom. The van der Waals surface area contributed by atoms with E-state index < -0.39 is 39.1 Å². The van der Waals surface area contributed by atoms with E-state index in [1.807, 2.05) is 29.7 Å². The van der Waals surface area contributed by atoms with Gasteiger partial charge in [0.2, 0.25) is 5.91 Å². The monoisotopic (exact) mass is 565 g/mol. The van der Waals surface area contributed by atoms with Gasteiger partial charge in [-0.15, -0.1) is 11.3 Å². The summed E-state index contributed by atoms with van der Waals surface area (Å²) in [6.45, 7) is 2.78. The first kappa shape index (κ1) is 27.2. The van der Waals surface area contributed by atoms with E-state index >= 15 is 0 Å². The molecule has 10 nitrogen and oxygen atoms in total. The Bertz CT molecular complexity index is 1550. The predicted molar refractivity (Wildman–Crippen MR) is 142 cm³/mol. The third kappa shape index (κ3) is 6.17. The predicted octanol–water partition coefficient (Wildman–Crippen LogP) is 2.48. The van der Waals surface area contributed by atoms with Crippen LogP contribution in [0.3, 0.4) is 0 Å². The van der Waals surface area contributed by atoms with Gasteiger partial charge in [-0.1, -0.05) is 17.4 Å². The second-order valence-electron chi connectivity index (χ2n) is 8.64. The van der Waals surface area contributed by atoms with Crippen LogP contribution >= 0.6 is 22.7 Å². The Morgan fingerprint density at radius 1 is 1.14 bits per heavy atom. The molecular formula is C24H27N3O7S3. The average Bonchev–Trinajstić information content (AvgIpc) is 3.48. The van der Waals surface area contributed by atoms with Crippen molar-refractivity contribution < 1.29 is 32.3 Å². The molecule has 37 heavy (non-hydrogen) atoms. The minimum absolute atomic E-state index is 0.271. The number of aromatic nitrogens is 1. The zero-order chi connectivity index (χ0) is 26.7. The number of amides is 2. The molecule has 0 saturated heterocycles. The number of sulfone groups is 1. The molecular weight excluding hydrogens is 538 g/mol. The van der Waals surface area contributed by atoms with E-state index in [9.17, 15) is 22.8 Å². The molecule has 1 aliphatic carbocycles. The molecule has 2 heterocycles. The number of esters is 1. The number of anilines is 1. The summed E-state index contributed by atoms with van der Waals surface area (Å²) in [4.78, 5) is 42.9. The molecule has 0 saturated carbocycles. The number of rotatable bonds is 9. The van der Waals surface area contributed by atoms with Gasteiger partial charge in [-0.2, -0.15) is 4.99 Å². The second kappa shape index (κ2) is 11.3. The number of methoxy groups -OCH3 is 2. The maximum absolute atomic E-state index is 12.7. The van der Waals surface area contributed by atoms with Gasteiger partial charge < -0.3 is 19.4 Å². The molecule has 0 aliphatic heterocycles. The highest BCUT2D eigenvalue weighted by molar-refractivity contribution is 7.92. The minimum atomic E-state index is -4.12. The van der Waals surface area contributed by atoms with E-state index in [2.05, 4.69) is 10.3 Å². The lowest BCUT2D eigenvalue weighted by Crippen LogP contribution is -2.28. The fourth-order valence-corrected chi connectivity index (χ4v) is 7.70. The highest BCUT2D eigenvalue weighted by atomic mass is 32.2. The number of hydrogen-bond acceptors (Lipinski definition) is 9. The normalized spacial score (nSPS) is 13.6. The first-order chi connectivity index (χ1) is 17.6. The average molecular weight is 566 g/mol. The first-order valence-corrected chi connectivity index (χ1v) is 15.0. The van der Waals surface area contributed by atoms with Gasteiger partial charge in [0.25, 0.3) is 5.91 Å². The Hall–Kier alpha value is -2.87. The van der Waals surface area contributed by atoms with Crippen molar-refractivity contribution in [3.05, 3.63) is 44.6 Å². The van der Waals surface area contributed by atoms with Gasteiger partial charge in [0.15, 0.2) is 14.6 Å². The number of carbonyl (C=O) groups excluding carboxylic acids is 3. The number of ether oxygens (including phenoxy) is 2. The fraction of sp³-hybridized carbons (Fsp3) is 0.417. The van der Waals surface area contributed by atoms with Gasteiger partial charge in [0.1, 0.15) is 16.5 Å². The Balaban J connectivity index is 1.50. The summed E-state index contributed by atoms with van der Waals surface area (Å²) < 4.78 is 38.1. The molecule has 0 spiro atoms. The van der Waals surface area contributed by atoms with Gasteiger partial charge in [-0.3, -0.25) is 9.59 Å². The van der Waals surface area contributed by atoms with Crippen molar-refractivity contribution in [3.8, 4) is 0 Å². The van der Waals surface area contributed by atoms with E-state index in [0.29, 0.717) is 24.4 Å². The third-order valence-electron chi connectivity index (χ3n) is 5.84. The SMILES string of the molecule is COCCn1c(=NC(=O)CS(=O)(=O)CC(=O)Nc2sc3c(c2C(=O)OC)CCC3)sc2cc(C)ccc21. The van der Waals surface area contributed by atoms with E-state index in [4.69, 9.17) is 9.47 Å². The van der Waals surface area contributed by atoms with E-state index in [1.54, 1.807) is 7.11 Å². The Morgan fingerprint density at radius 3 is 2.65 bits per heavy atom. The van der Waals surface area contributed by atoms with Crippen LogP contribution in [-0.4, -0.2) is 63.1 Å². The zero-order valence-electron chi connectivity index (χ0n) is 20.7. The molecule has 198 valence electrons. The number of carbonyl (C=O) groups is 3. The zero-order valence-corrected chi connectivity index (χ0v) is 23.1. The van der Waals surface area contributed by atoms with Gasteiger partial charge >= 0.3 is 5.97 Å². The molecule has 1 aliphatic rings. The lowest BCUT2D eigenvalue weighted by atomic mass is 10.1. The van der Waals surface area contributed by atoms with Crippen LogP contribution < -0.4 is 10.1 Å². The van der Waals surface area contributed by atoms with Gasteiger partial charge in [0.05, 0.1) is 29.5 Å². The van der Waals surface area contributed by atoms with Crippen LogP contribution in [0.5, 0.6) is 0 Å². The number of aryl methyl sites for hydroxylation is 2. The molecule has 2 aromatic heterocycles. The van der Waals surface area contributed by atoms with Crippen LogP contribution in [0, 0.1) is 6.92 Å². The minimum Gasteiger partial charge on any atom is -0.465 e. The van der Waals surface area contributed by atoms with Gasteiger partial charge in [-0.05, 0) is 49.4 Å². The summed E-state index contributed by atoms with van der Waals surface area (Å²) in [5.41, 5.74) is 3.03. The lowest BCUT2D eigenvalue weighted by Gasteiger charge is -2.07. The first-order valence-electron chi connectivity index (χ1n) is 11.5. The molecule has 1 N–H and O–H groups in total. The third-order valence-corrected chi connectivity index (χ3v) is 9.47. The Kier molecular flexibility index (Phi) is 8.26.